The van der Waals surface area contributed by atoms with E-state index >= 15 is 0 Å². The van der Waals surface area contributed by atoms with Gasteiger partial charge in [-0.25, -0.2) is 4.98 Å². The highest BCUT2D eigenvalue weighted by Crippen LogP contribution is 2.48. The number of nitrogens with one attached hydrogen (secondary N) is 2. The smallest absolute Gasteiger partial charge is 0.231 e. The Kier molecular flexibility index (Phi) is 3.33. The lowest BCUT2D eigenvalue weighted by atomic mass is 9.95. The summed E-state index contributed by atoms with van der Waals surface area (Å²) >= 11 is 3.42. The van der Waals surface area contributed by atoms with Crippen molar-refractivity contribution in [3.05, 3.63) is 46.5 Å². The molecule has 1 aliphatic rings. The van der Waals surface area contributed by atoms with Gasteiger partial charge in [-0.2, -0.15) is 5.10 Å². The molecule has 1 aromatic heterocycles. The summed E-state index contributed by atoms with van der Waals surface area (Å²) in [7, 11) is 0. The average Bonchev–Trinajstić information content (AvgIpc) is 3.06. The van der Waals surface area contributed by atoms with Gasteiger partial charge in [-0.1, -0.05) is 28.1 Å². The maximum atomic E-state index is 12.5. The van der Waals surface area contributed by atoms with Gasteiger partial charge in [-0.15, -0.1) is 0 Å². The number of rotatable bonds is 4. The number of benzene rings is 1. The first-order valence-electron chi connectivity index (χ1n) is 6.54. The first-order chi connectivity index (χ1) is 9.62. The Labute approximate surface area is 125 Å². The Morgan fingerprint density at radius 1 is 1.40 bits per heavy atom. The van der Waals surface area contributed by atoms with Crippen LogP contribution in [0.3, 0.4) is 0 Å². The number of aromatic nitrogens is 3. The van der Waals surface area contributed by atoms with Crippen molar-refractivity contribution in [2.24, 2.45) is 0 Å². The lowest BCUT2D eigenvalue weighted by molar-refractivity contribution is -0.124. The predicted molar refractivity (Wildman–Crippen MR) is 78.0 cm³/mol. The number of nitrogens with zero attached hydrogens (tertiary/aromatic N) is 2. The van der Waals surface area contributed by atoms with Gasteiger partial charge in [0.15, 0.2) is 0 Å². The predicted octanol–water partition coefficient (Wildman–Crippen LogP) is 2.48. The van der Waals surface area contributed by atoms with E-state index in [4.69, 9.17) is 0 Å². The Balaban J connectivity index is 1.75. The number of amides is 1. The van der Waals surface area contributed by atoms with E-state index in [0.29, 0.717) is 5.82 Å². The van der Waals surface area contributed by atoms with Crippen LogP contribution >= 0.6 is 15.9 Å². The molecule has 2 aromatic rings. The number of carbonyl (C=O) groups excluding carboxylic acids is 1. The molecule has 1 fully saturated rings. The van der Waals surface area contributed by atoms with Crippen LogP contribution in [0.15, 0.2) is 35.1 Å². The van der Waals surface area contributed by atoms with Gasteiger partial charge in [0.2, 0.25) is 5.91 Å². The fourth-order valence-corrected chi connectivity index (χ4v) is 2.63. The third-order valence-corrected chi connectivity index (χ3v) is 4.30. The molecule has 2 N–H and O–H groups in total. The second kappa shape index (κ2) is 5.01. The lowest BCUT2D eigenvalue weighted by Gasteiger charge is -2.18. The third-order valence-electron chi connectivity index (χ3n) is 3.77. The summed E-state index contributed by atoms with van der Waals surface area (Å²) in [5.41, 5.74) is 0.706. The molecule has 1 unspecified atom stereocenters. The summed E-state index contributed by atoms with van der Waals surface area (Å²) in [4.78, 5) is 16.6. The molecule has 6 heteroatoms. The lowest BCUT2D eigenvalue weighted by Crippen LogP contribution is -2.36. The van der Waals surface area contributed by atoms with Crippen molar-refractivity contribution >= 4 is 21.8 Å². The van der Waals surface area contributed by atoms with Crippen molar-refractivity contribution in [2.45, 2.75) is 31.2 Å². The first kappa shape index (κ1) is 13.3. The second-order valence-corrected chi connectivity index (χ2v) is 6.07. The quantitative estimate of drug-likeness (QED) is 0.902. The molecule has 1 atom stereocenters. The molecule has 0 spiro atoms. The van der Waals surface area contributed by atoms with Crippen molar-refractivity contribution in [1.29, 1.82) is 0 Å². The summed E-state index contributed by atoms with van der Waals surface area (Å²) in [5.74, 6) is 0.730. The van der Waals surface area contributed by atoms with Crippen molar-refractivity contribution < 1.29 is 4.79 Å². The van der Waals surface area contributed by atoms with Crippen LogP contribution in [-0.4, -0.2) is 21.1 Å². The molecule has 5 nitrogen and oxygen atoms in total. The number of H-pyrrole nitrogens is 1. The summed E-state index contributed by atoms with van der Waals surface area (Å²) in [6.07, 6.45) is 3.23. The monoisotopic (exact) mass is 334 g/mol. The zero-order valence-corrected chi connectivity index (χ0v) is 12.6. The van der Waals surface area contributed by atoms with E-state index in [1.165, 1.54) is 6.33 Å². The molecular weight excluding hydrogens is 320 g/mol. The molecule has 104 valence electrons. The molecule has 1 saturated carbocycles. The molecule has 0 saturated heterocycles. The minimum absolute atomic E-state index is 0.0590. The van der Waals surface area contributed by atoms with Crippen LogP contribution in [0.4, 0.5) is 0 Å². The van der Waals surface area contributed by atoms with Gasteiger partial charge in [-0.05, 0) is 37.5 Å². The topological polar surface area (TPSA) is 70.7 Å². The molecule has 0 aliphatic heterocycles. The minimum Gasteiger partial charge on any atom is -0.346 e. The Hall–Kier alpha value is -1.69. The fraction of sp³-hybridized carbons (Fsp3) is 0.357. The summed E-state index contributed by atoms with van der Waals surface area (Å²) in [6.45, 7) is 1.90. The van der Waals surface area contributed by atoms with Crippen molar-refractivity contribution in [3.8, 4) is 0 Å². The van der Waals surface area contributed by atoms with Gasteiger partial charge in [0.25, 0.3) is 0 Å². The van der Waals surface area contributed by atoms with Crippen LogP contribution in [0, 0.1) is 0 Å². The van der Waals surface area contributed by atoms with E-state index < -0.39 is 0 Å². The van der Waals surface area contributed by atoms with Crippen LogP contribution in [0.2, 0.25) is 0 Å². The summed E-state index contributed by atoms with van der Waals surface area (Å²) < 4.78 is 1.02. The maximum absolute atomic E-state index is 12.5. The standard InChI is InChI=1S/C14H15BrN4O/c1-9(12-16-8-17-19-12)18-13(20)14(6-7-14)10-2-4-11(15)5-3-10/h2-5,8-9H,6-7H2,1H3,(H,18,20)(H,16,17,19). The minimum atomic E-state index is -0.366. The van der Waals surface area contributed by atoms with Crippen molar-refractivity contribution in [3.63, 3.8) is 0 Å². The maximum Gasteiger partial charge on any atom is 0.231 e. The van der Waals surface area contributed by atoms with E-state index in [1.807, 2.05) is 31.2 Å². The molecule has 0 bridgehead atoms. The van der Waals surface area contributed by atoms with Crippen LogP contribution in [0.5, 0.6) is 0 Å². The van der Waals surface area contributed by atoms with E-state index in [0.717, 1.165) is 22.9 Å². The molecule has 0 radical (unpaired) electrons. The van der Waals surface area contributed by atoms with E-state index in [9.17, 15) is 4.79 Å². The molecule has 1 amide bonds. The Bertz CT molecular complexity index is 605. The third kappa shape index (κ3) is 2.35. The fourth-order valence-electron chi connectivity index (χ4n) is 2.37. The normalized spacial score (nSPS) is 17.5. The molecule has 3 rings (SSSR count). The van der Waals surface area contributed by atoms with Gasteiger partial charge in [0.1, 0.15) is 12.2 Å². The largest absolute Gasteiger partial charge is 0.346 e. The van der Waals surface area contributed by atoms with E-state index in [2.05, 4.69) is 36.4 Å². The van der Waals surface area contributed by atoms with Crippen LogP contribution < -0.4 is 5.32 Å². The second-order valence-electron chi connectivity index (χ2n) is 5.15. The van der Waals surface area contributed by atoms with Gasteiger partial charge >= 0.3 is 0 Å². The van der Waals surface area contributed by atoms with E-state index in [-0.39, 0.29) is 17.4 Å². The van der Waals surface area contributed by atoms with Crippen molar-refractivity contribution in [1.82, 2.24) is 20.5 Å². The molecule has 1 aromatic carbocycles. The van der Waals surface area contributed by atoms with Gasteiger partial charge in [-0.3, -0.25) is 9.89 Å². The highest BCUT2D eigenvalue weighted by molar-refractivity contribution is 9.10. The Morgan fingerprint density at radius 3 is 2.65 bits per heavy atom. The first-order valence-corrected chi connectivity index (χ1v) is 7.33. The van der Waals surface area contributed by atoms with Crippen LogP contribution in [-0.2, 0) is 10.2 Å². The summed E-state index contributed by atoms with van der Waals surface area (Å²) in [6, 6.07) is 7.80. The average molecular weight is 335 g/mol. The van der Waals surface area contributed by atoms with Crippen LogP contribution in [0.25, 0.3) is 0 Å². The SMILES string of the molecule is CC(NC(=O)C1(c2ccc(Br)cc2)CC1)c1ncn[nH]1. The summed E-state index contributed by atoms with van der Waals surface area (Å²) in [5, 5.41) is 9.60. The molecule has 1 heterocycles. The van der Waals surface area contributed by atoms with Gasteiger partial charge in [0, 0.05) is 4.47 Å². The number of hydrogen-bond acceptors (Lipinski definition) is 3. The molecule has 20 heavy (non-hydrogen) atoms. The molecule has 1 aliphatic carbocycles. The van der Waals surface area contributed by atoms with Crippen LogP contribution in [0.1, 0.15) is 37.2 Å². The highest BCUT2D eigenvalue weighted by Gasteiger charge is 2.51. The number of carbonyl (C=O) groups is 1. The zero-order valence-electron chi connectivity index (χ0n) is 11.1. The number of aromatic amines is 1. The van der Waals surface area contributed by atoms with Gasteiger partial charge < -0.3 is 5.32 Å². The number of hydrogen-bond donors (Lipinski definition) is 2. The molecular formula is C14H15BrN4O. The number of halogens is 1. The zero-order chi connectivity index (χ0) is 14.2. The van der Waals surface area contributed by atoms with Crippen molar-refractivity contribution in [2.75, 3.05) is 0 Å². The van der Waals surface area contributed by atoms with Gasteiger partial charge in [0.05, 0.1) is 11.5 Å². The highest BCUT2D eigenvalue weighted by atomic mass is 79.9. The van der Waals surface area contributed by atoms with E-state index in [1.54, 1.807) is 0 Å². The Morgan fingerprint density at radius 2 is 2.10 bits per heavy atom.